The third kappa shape index (κ3) is 6.31. The maximum absolute atomic E-state index is 12.2. The Bertz CT molecular complexity index is 321. The molecule has 7 heteroatoms. The van der Waals surface area contributed by atoms with Crippen LogP contribution in [0, 0.1) is 5.92 Å². The molecule has 0 saturated heterocycles. The highest BCUT2D eigenvalue weighted by Crippen LogP contribution is 2.24. The van der Waals surface area contributed by atoms with Gasteiger partial charge in [-0.15, -0.1) is 0 Å². The van der Waals surface area contributed by atoms with Crippen molar-refractivity contribution < 1.29 is 24.2 Å². The Labute approximate surface area is 125 Å². The first-order valence-electron chi connectivity index (χ1n) is 7.34. The molecular weight excluding hydrogens is 276 g/mol. The average molecular weight is 302 g/mol. The van der Waals surface area contributed by atoms with Crippen LogP contribution in [-0.2, 0) is 14.3 Å². The van der Waals surface area contributed by atoms with Crippen LogP contribution in [0.25, 0.3) is 0 Å². The molecule has 2 N–H and O–H groups in total. The first-order chi connectivity index (χ1) is 10.1. The molecule has 0 aromatic rings. The van der Waals surface area contributed by atoms with Gasteiger partial charge in [0.1, 0.15) is 0 Å². The van der Waals surface area contributed by atoms with Crippen molar-refractivity contribution in [3.63, 3.8) is 0 Å². The fourth-order valence-electron chi connectivity index (χ4n) is 2.47. The summed E-state index contributed by atoms with van der Waals surface area (Å²) in [6.45, 7) is 1.97. The summed E-state index contributed by atoms with van der Waals surface area (Å²) in [6.07, 6.45) is 2.67. The van der Waals surface area contributed by atoms with Crippen molar-refractivity contribution in [1.29, 1.82) is 0 Å². The Morgan fingerprint density at radius 1 is 1.10 bits per heavy atom. The SMILES string of the molecule is COCCN(CCOC)C(=O)NC1CCC(C(=O)O)CC1. The van der Waals surface area contributed by atoms with E-state index in [4.69, 9.17) is 14.6 Å². The van der Waals surface area contributed by atoms with Gasteiger partial charge in [0.2, 0.25) is 0 Å². The number of amides is 2. The number of urea groups is 1. The minimum absolute atomic E-state index is 0.0562. The first-order valence-corrected chi connectivity index (χ1v) is 7.34. The quantitative estimate of drug-likeness (QED) is 0.696. The molecule has 0 aromatic heterocycles. The van der Waals surface area contributed by atoms with Crippen molar-refractivity contribution in [2.75, 3.05) is 40.5 Å². The molecule has 7 nitrogen and oxygen atoms in total. The van der Waals surface area contributed by atoms with Crippen molar-refractivity contribution in [1.82, 2.24) is 10.2 Å². The largest absolute Gasteiger partial charge is 0.481 e. The maximum Gasteiger partial charge on any atom is 0.317 e. The van der Waals surface area contributed by atoms with E-state index in [1.165, 1.54) is 0 Å². The van der Waals surface area contributed by atoms with E-state index in [1.807, 2.05) is 0 Å². The third-order valence-electron chi connectivity index (χ3n) is 3.82. The standard InChI is InChI=1S/C14H26N2O5/c1-20-9-7-16(8-10-21-2)14(19)15-12-5-3-11(4-6-12)13(17)18/h11-12H,3-10H2,1-2H3,(H,15,19)(H,17,18). The van der Waals surface area contributed by atoms with Crippen LogP contribution >= 0.6 is 0 Å². The maximum atomic E-state index is 12.2. The van der Waals surface area contributed by atoms with E-state index in [0.717, 1.165) is 0 Å². The summed E-state index contributed by atoms with van der Waals surface area (Å²) in [5.74, 6) is -1.00. The van der Waals surface area contributed by atoms with E-state index in [-0.39, 0.29) is 18.0 Å². The summed E-state index contributed by atoms with van der Waals surface area (Å²) in [4.78, 5) is 24.8. The molecule has 122 valence electrons. The second kappa shape index (κ2) is 9.57. The molecule has 0 aliphatic heterocycles. The van der Waals surface area contributed by atoms with Crippen molar-refractivity contribution in [3.8, 4) is 0 Å². The zero-order chi connectivity index (χ0) is 15.7. The summed E-state index contributed by atoms with van der Waals surface area (Å²) in [5.41, 5.74) is 0. The number of carbonyl (C=O) groups excluding carboxylic acids is 1. The minimum atomic E-state index is -0.735. The lowest BCUT2D eigenvalue weighted by Gasteiger charge is -2.30. The molecule has 0 unspecified atom stereocenters. The number of nitrogens with one attached hydrogen (secondary N) is 1. The van der Waals surface area contributed by atoms with Gasteiger partial charge in [0.25, 0.3) is 0 Å². The summed E-state index contributed by atoms with van der Waals surface area (Å²) >= 11 is 0. The van der Waals surface area contributed by atoms with Gasteiger partial charge in [0.15, 0.2) is 0 Å². The zero-order valence-corrected chi connectivity index (χ0v) is 12.8. The number of aliphatic carboxylic acids is 1. The van der Waals surface area contributed by atoms with Crippen molar-refractivity contribution in [3.05, 3.63) is 0 Å². The number of methoxy groups -OCH3 is 2. The molecule has 21 heavy (non-hydrogen) atoms. The summed E-state index contributed by atoms with van der Waals surface area (Å²) < 4.78 is 10.0. The number of hydrogen-bond acceptors (Lipinski definition) is 4. The molecule has 1 fully saturated rings. The van der Waals surface area contributed by atoms with Crippen LogP contribution in [-0.4, -0.2) is 68.6 Å². The molecular formula is C14H26N2O5. The average Bonchev–Trinajstić information content (AvgIpc) is 2.47. The van der Waals surface area contributed by atoms with Crippen molar-refractivity contribution in [2.45, 2.75) is 31.7 Å². The molecule has 2 amide bonds. The highest BCUT2D eigenvalue weighted by Gasteiger charge is 2.27. The summed E-state index contributed by atoms with van der Waals surface area (Å²) in [5, 5.41) is 11.9. The van der Waals surface area contributed by atoms with E-state index in [1.54, 1.807) is 19.1 Å². The van der Waals surface area contributed by atoms with Crippen molar-refractivity contribution >= 4 is 12.0 Å². The van der Waals surface area contributed by atoms with Crippen LogP contribution in [0.4, 0.5) is 4.79 Å². The second-order valence-electron chi connectivity index (χ2n) is 5.31. The van der Waals surface area contributed by atoms with E-state index >= 15 is 0 Å². The van der Waals surface area contributed by atoms with Crippen molar-refractivity contribution in [2.24, 2.45) is 5.92 Å². The molecule has 0 heterocycles. The number of carboxylic acid groups (broad SMARTS) is 1. The molecule has 1 rings (SSSR count). The number of carboxylic acids is 1. The molecule has 0 bridgehead atoms. The molecule has 1 aliphatic rings. The Morgan fingerprint density at radius 2 is 1.62 bits per heavy atom. The highest BCUT2D eigenvalue weighted by molar-refractivity contribution is 5.74. The van der Waals surface area contributed by atoms with Gasteiger partial charge >= 0.3 is 12.0 Å². The van der Waals surface area contributed by atoms with E-state index in [2.05, 4.69) is 5.32 Å². The molecule has 0 radical (unpaired) electrons. The topological polar surface area (TPSA) is 88.1 Å². The fourth-order valence-corrected chi connectivity index (χ4v) is 2.47. The fraction of sp³-hybridized carbons (Fsp3) is 0.857. The van der Waals surface area contributed by atoms with E-state index in [9.17, 15) is 9.59 Å². The third-order valence-corrected chi connectivity index (χ3v) is 3.82. The summed E-state index contributed by atoms with van der Waals surface area (Å²) in [6, 6.07) is -0.0800. The van der Waals surface area contributed by atoms with Gasteiger partial charge in [0, 0.05) is 33.4 Å². The molecule has 0 aromatic carbocycles. The first kappa shape index (κ1) is 17.7. The number of hydrogen-bond donors (Lipinski definition) is 2. The predicted octanol–water partition coefficient (Wildman–Crippen LogP) is 0.934. The van der Waals surface area contributed by atoms with Gasteiger partial charge in [-0.1, -0.05) is 0 Å². The summed E-state index contributed by atoms with van der Waals surface area (Å²) in [7, 11) is 3.19. The smallest absolute Gasteiger partial charge is 0.317 e. The lowest BCUT2D eigenvalue weighted by Crippen LogP contribution is -2.48. The molecule has 1 aliphatic carbocycles. The lowest BCUT2D eigenvalue weighted by molar-refractivity contribution is -0.142. The van der Waals surface area contributed by atoms with E-state index in [0.29, 0.717) is 52.0 Å². The number of rotatable bonds is 8. The van der Waals surface area contributed by atoms with Gasteiger partial charge in [-0.25, -0.2) is 4.79 Å². The molecule has 0 atom stereocenters. The van der Waals surface area contributed by atoms with Crippen LogP contribution in [0.3, 0.4) is 0 Å². The van der Waals surface area contributed by atoms with Gasteiger partial charge in [-0.2, -0.15) is 0 Å². The van der Waals surface area contributed by atoms with E-state index < -0.39 is 5.97 Å². The molecule has 0 spiro atoms. The second-order valence-corrected chi connectivity index (χ2v) is 5.31. The Hall–Kier alpha value is -1.34. The number of nitrogens with zero attached hydrogens (tertiary/aromatic N) is 1. The molecule has 1 saturated carbocycles. The zero-order valence-electron chi connectivity index (χ0n) is 12.8. The minimum Gasteiger partial charge on any atom is -0.481 e. The Balaban J connectivity index is 2.40. The van der Waals surface area contributed by atoms with Gasteiger partial charge in [-0.3, -0.25) is 4.79 Å². The normalized spacial score (nSPS) is 21.8. The van der Waals surface area contributed by atoms with Gasteiger partial charge in [-0.05, 0) is 25.7 Å². The number of carbonyl (C=O) groups is 2. The predicted molar refractivity (Wildman–Crippen MR) is 77.2 cm³/mol. The van der Waals surface area contributed by atoms with Crippen LogP contribution in [0.1, 0.15) is 25.7 Å². The van der Waals surface area contributed by atoms with Crippen LogP contribution in [0.5, 0.6) is 0 Å². The Kier molecular flexibility index (Phi) is 8.07. The lowest BCUT2D eigenvalue weighted by atomic mass is 9.86. The van der Waals surface area contributed by atoms with Crippen LogP contribution in [0.15, 0.2) is 0 Å². The highest BCUT2D eigenvalue weighted by atomic mass is 16.5. The Morgan fingerprint density at radius 3 is 2.05 bits per heavy atom. The van der Waals surface area contributed by atoms with Gasteiger partial charge in [0.05, 0.1) is 19.1 Å². The number of ether oxygens (including phenoxy) is 2. The van der Waals surface area contributed by atoms with Crippen LogP contribution < -0.4 is 5.32 Å². The monoisotopic (exact) mass is 302 g/mol. The van der Waals surface area contributed by atoms with Gasteiger partial charge < -0.3 is 24.8 Å². The van der Waals surface area contributed by atoms with Crippen LogP contribution in [0.2, 0.25) is 0 Å².